The zero-order valence-electron chi connectivity index (χ0n) is 18.4. The molecule has 8 nitrogen and oxygen atoms in total. The van der Waals surface area contributed by atoms with Crippen LogP contribution in [0.4, 0.5) is 11.4 Å². The number of nitro groups is 1. The maximum Gasteiger partial charge on any atom is 0.270 e. The van der Waals surface area contributed by atoms with Crippen molar-refractivity contribution in [3.8, 4) is 5.75 Å². The van der Waals surface area contributed by atoms with E-state index < -0.39 is 16.7 Å². The molecule has 0 unspecified atom stereocenters. The molecule has 1 aliphatic heterocycles. The van der Waals surface area contributed by atoms with Crippen molar-refractivity contribution in [2.75, 3.05) is 4.90 Å². The number of amides is 2. The molecule has 0 aliphatic carbocycles. The quantitative estimate of drug-likeness (QED) is 0.151. The van der Waals surface area contributed by atoms with Crippen LogP contribution < -0.4 is 15.0 Å². The van der Waals surface area contributed by atoms with Gasteiger partial charge in [-0.3, -0.25) is 29.9 Å². The monoisotopic (exact) mass is 551 g/mol. The van der Waals surface area contributed by atoms with E-state index in [1.54, 1.807) is 48.5 Å². The SMILES string of the molecule is Cc1cc(Br)ccc1N1C(=O)/C(=C/c2ccc(OCc3ccc([N+](=O)[O-])cc3)cc2)C(=O)NC1=S. The van der Waals surface area contributed by atoms with Crippen LogP contribution in [-0.4, -0.2) is 21.9 Å². The van der Waals surface area contributed by atoms with E-state index in [2.05, 4.69) is 21.2 Å². The largest absolute Gasteiger partial charge is 0.489 e. The van der Waals surface area contributed by atoms with E-state index in [1.165, 1.54) is 23.1 Å². The normalized spacial score (nSPS) is 14.7. The average Bonchev–Trinajstić information content (AvgIpc) is 2.82. The van der Waals surface area contributed by atoms with Gasteiger partial charge in [-0.25, -0.2) is 0 Å². The van der Waals surface area contributed by atoms with Gasteiger partial charge in [0.1, 0.15) is 17.9 Å². The summed E-state index contributed by atoms with van der Waals surface area (Å²) in [4.78, 5) is 37.4. The van der Waals surface area contributed by atoms with E-state index in [0.717, 1.165) is 15.6 Å². The first kappa shape index (κ1) is 24.2. The number of hydrogen-bond donors (Lipinski definition) is 1. The molecule has 10 heteroatoms. The van der Waals surface area contributed by atoms with Crippen molar-refractivity contribution in [2.24, 2.45) is 0 Å². The number of rotatable bonds is 6. The van der Waals surface area contributed by atoms with Gasteiger partial charge in [0.25, 0.3) is 17.5 Å². The fourth-order valence-electron chi connectivity index (χ4n) is 3.45. The van der Waals surface area contributed by atoms with E-state index in [4.69, 9.17) is 17.0 Å². The molecule has 0 aromatic heterocycles. The second kappa shape index (κ2) is 10.2. The van der Waals surface area contributed by atoms with Crippen molar-refractivity contribution >= 4 is 62.5 Å². The molecule has 3 aromatic rings. The standard InChI is InChI=1S/C25H18BrN3O5S/c1-15-12-18(26)6-11-22(15)28-24(31)21(23(30)27-25(28)35)13-16-4-9-20(10-5-16)34-14-17-2-7-19(8-3-17)29(32)33/h2-13H,14H2,1H3,(H,27,30,35)/b21-13+. The smallest absolute Gasteiger partial charge is 0.270 e. The number of thiocarbonyl (C=S) groups is 1. The number of anilines is 1. The second-order valence-corrected chi connectivity index (χ2v) is 8.97. The van der Waals surface area contributed by atoms with Gasteiger partial charge in [0.2, 0.25) is 0 Å². The van der Waals surface area contributed by atoms with Crippen molar-refractivity contribution in [1.82, 2.24) is 5.32 Å². The maximum atomic E-state index is 13.2. The molecule has 0 atom stereocenters. The Morgan fingerprint density at radius 3 is 2.40 bits per heavy atom. The van der Waals surface area contributed by atoms with E-state index in [9.17, 15) is 19.7 Å². The number of ether oxygens (including phenoxy) is 1. The molecule has 0 saturated carbocycles. The maximum absolute atomic E-state index is 13.2. The highest BCUT2D eigenvalue weighted by Gasteiger charge is 2.35. The average molecular weight is 552 g/mol. The first-order chi connectivity index (χ1) is 16.7. The molecule has 1 heterocycles. The number of carbonyl (C=O) groups excluding carboxylic acids is 2. The molecule has 1 aliphatic rings. The third kappa shape index (κ3) is 5.44. The molecule has 4 rings (SSSR count). The van der Waals surface area contributed by atoms with Crippen LogP contribution in [0.5, 0.6) is 5.75 Å². The van der Waals surface area contributed by atoms with Gasteiger partial charge in [-0.2, -0.15) is 0 Å². The van der Waals surface area contributed by atoms with Crippen LogP contribution in [0.15, 0.2) is 76.8 Å². The van der Waals surface area contributed by atoms with Crippen LogP contribution in [0, 0.1) is 17.0 Å². The first-order valence-corrected chi connectivity index (χ1v) is 11.6. The highest BCUT2D eigenvalue weighted by Crippen LogP contribution is 2.28. The third-order valence-corrected chi connectivity index (χ3v) is 6.02. The zero-order chi connectivity index (χ0) is 25.1. The summed E-state index contributed by atoms with van der Waals surface area (Å²) < 4.78 is 6.59. The molecule has 2 amide bonds. The summed E-state index contributed by atoms with van der Waals surface area (Å²) >= 11 is 8.67. The van der Waals surface area contributed by atoms with Crippen molar-refractivity contribution in [3.05, 3.63) is 104 Å². The minimum absolute atomic E-state index is 0.0158. The molecular weight excluding hydrogens is 534 g/mol. The third-order valence-electron chi connectivity index (χ3n) is 5.25. The summed E-state index contributed by atoms with van der Waals surface area (Å²) in [5.74, 6) is -0.509. The molecule has 1 saturated heterocycles. The molecule has 0 spiro atoms. The van der Waals surface area contributed by atoms with Crippen molar-refractivity contribution in [2.45, 2.75) is 13.5 Å². The first-order valence-electron chi connectivity index (χ1n) is 10.4. The lowest BCUT2D eigenvalue weighted by Crippen LogP contribution is -2.54. The summed E-state index contributed by atoms with van der Waals surface area (Å²) in [7, 11) is 0. The highest BCUT2D eigenvalue weighted by atomic mass is 79.9. The van der Waals surface area contributed by atoms with Gasteiger partial charge in [-0.05, 0) is 84.4 Å². The predicted molar refractivity (Wildman–Crippen MR) is 139 cm³/mol. The van der Waals surface area contributed by atoms with Gasteiger partial charge in [-0.15, -0.1) is 0 Å². The van der Waals surface area contributed by atoms with Crippen molar-refractivity contribution < 1.29 is 19.2 Å². The lowest BCUT2D eigenvalue weighted by molar-refractivity contribution is -0.384. The molecule has 0 bridgehead atoms. The minimum atomic E-state index is -0.565. The van der Waals surface area contributed by atoms with E-state index in [1.807, 2.05) is 13.0 Å². The number of carbonyl (C=O) groups is 2. The molecule has 35 heavy (non-hydrogen) atoms. The van der Waals surface area contributed by atoms with Gasteiger partial charge < -0.3 is 4.74 Å². The van der Waals surface area contributed by atoms with Crippen molar-refractivity contribution in [1.29, 1.82) is 0 Å². The minimum Gasteiger partial charge on any atom is -0.489 e. The number of nitrogens with one attached hydrogen (secondary N) is 1. The summed E-state index contributed by atoms with van der Waals surface area (Å²) in [5, 5.41) is 13.4. The van der Waals surface area contributed by atoms with Crippen LogP contribution in [0.2, 0.25) is 0 Å². The fraction of sp³-hybridized carbons (Fsp3) is 0.0800. The van der Waals surface area contributed by atoms with Crippen LogP contribution in [0.3, 0.4) is 0 Å². The zero-order valence-corrected chi connectivity index (χ0v) is 20.8. The second-order valence-electron chi connectivity index (χ2n) is 7.67. The fourth-order valence-corrected chi connectivity index (χ4v) is 4.20. The summed E-state index contributed by atoms with van der Waals surface area (Å²) in [6, 6.07) is 18.4. The Hall–Kier alpha value is -3.89. The Labute approximate surface area is 214 Å². The number of hydrogen-bond acceptors (Lipinski definition) is 6. The van der Waals surface area contributed by atoms with Crippen molar-refractivity contribution in [3.63, 3.8) is 0 Å². The van der Waals surface area contributed by atoms with E-state index in [0.29, 0.717) is 17.0 Å². The molecule has 176 valence electrons. The Balaban J connectivity index is 1.50. The number of halogens is 1. The predicted octanol–water partition coefficient (Wildman–Crippen LogP) is 5.08. The van der Waals surface area contributed by atoms with Gasteiger partial charge >= 0.3 is 0 Å². The molecular formula is C25H18BrN3O5S. The summed E-state index contributed by atoms with van der Waals surface area (Å²) in [6.45, 7) is 2.09. The highest BCUT2D eigenvalue weighted by molar-refractivity contribution is 9.10. The lowest BCUT2D eigenvalue weighted by atomic mass is 10.1. The Morgan fingerprint density at radius 1 is 1.09 bits per heavy atom. The van der Waals surface area contributed by atoms with Gasteiger partial charge in [0, 0.05) is 16.6 Å². The summed E-state index contributed by atoms with van der Waals surface area (Å²) in [5.41, 5.74) is 2.80. The lowest BCUT2D eigenvalue weighted by Gasteiger charge is -2.30. The topological polar surface area (TPSA) is 102 Å². The summed E-state index contributed by atoms with van der Waals surface area (Å²) in [6.07, 6.45) is 1.50. The Kier molecular flexibility index (Phi) is 7.04. The Morgan fingerprint density at radius 2 is 1.77 bits per heavy atom. The number of nitrogens with zero attached hydrogens (tertiary/aromatic N) is 2. The van der Waals surface area contributed by atoms with Gasteiger partial charge in [-0.1, -0.05) is 28.1 Å². The number of benzene rings is 3. The number of aryl methyl sites for hydroxylation is 1. The Bertz CT molecular complexity index is 1370. The molecule has 0 radical (unpaired) electrons. The van der Waals surface area contributed by atoms with Crippen LogP contribution >= 0.6 is 28.1 Å². The van der Waals surface area contributed by atoms with Crippen LogP contribution in [0.25, 0.3) is 6.08 Å². The van der Waals surface area contributed by atoms with Gasteiger partial charge in [0.05, 0.1) is 10.6 Å². The molecule has 1 N–H and O–H groups in total. The molecule has 1 fully saturated rings. The number of non-ortho nitro benzene ring substituents is 1. The number of nitro benzene ring substituents is 1. The molecule has 3 aromatic carbocycles. The van der Waals surface area contributed by atoms with Crippen LogP contribution in [-0.2, 0) is 16.2 Å². The van der Waals surface area contributed by atoms with E-state index >= 15 is 0 Å². The van der Waals surface area contributed by atoms with Crippen LogP contribution in [0.1, 0.15) is 16.7 Å². The van der Waals surface area contributed by atoms with Gasteiger partial charge in [0.15, 0.2) is 5.11 Å². The van der Waals surface area contributed by atoms with E-state index in [-0.39, 0.29) is 23.0 Å².